The number of aliphatic imine (C=N–C) groups is 1. The highest BCUT2D eigenvalue weighted by Gasteiger charge is 2.18. The lowest BCUT2D eigenvalue weighted by Crippen LogP contribution is -2.18. The van der Waals surface area contributed by atoms with Crippen LogP contribution in [0.15, 0.2) is 17.1 Å². The minimum Gasteiger partial charge on any atom is -0.297 e. The van der Waals surface area contributed by atoms with Gasteiger partial charge in [0.15, 0.2) is 0 Å². The van der Waals surface area contributed by atoms with Crippen LogP contribution in [0.1, 0.15) is 45.4 Å². The Morgan fingerprint density at radius 1 is 1.31 bits per heavy atom. The Balaban J connectivity index is 2.50. The molecule has 1 saturated carbocycles. The zero-order valence-corrected chi connectivity index (χ0v) is 8.97. The second kappa shape index (κ2) is 5.21. The maximum Gasteiger partial charge on any atom is 0.0276 e. The van der Waals surface area contributed by atoms with Gasteiger partial charge in [-0.05, 0) is 25.7 Å². The monoisotopic (exact) mass is 179 g/mol. The number of allylic oxidation sites excluding steroid dienone is 1. The van der Waals surface area contributed by atoms with Gasteiger partial charge in [0.25, 0.3) is 0 Å². The Bertz CT molecular complexity index is 197. The van der Waals surface area contributed by atoms with Crippen molar-refractivity contribution in [2.24, 2.45) is 10.9 Å². The number of hydrogen-bond donors (Lipinski definition) is 0. The van der Waals surface area contributed by atoms with Gasteiger partial charge in [-0.25, -0.2) is 0 Å². The van der Waals surface area contributed by atoms with Gasteiger partial charge in [-0.3, -0.25) is 4.99 Å². The van der Waals surface area contributed by atoms with Gasteiger partial charge in [0.1, 0.15) is 0 Å². The number of nitrogens with zero attached hydrogens (tertiary/aromatic N) is 1. The number of hydrogen-bond acceptors (Lipinski definition) is 1. The van der Waals surface area contributed by atoms with Crippen molar-refractivity contribution in [2.45, 2.75) is 45.4 Å². The summed E-state index contributed by atoms with van der Waals surface area (Å²) in [4.78, 5) is 4.41. The SMILES string of the molecule is C=C(C)CC(=NC)C1CCCCC1. The van der Waals surface area contributed by atoms with Crippen molar-refractivity contribution in [1.29, 1.82) is 0 Å². The average Bonchev–Trinajstić information content (AvgIpc) is 2.15. The Kier molecular flexibility index (Phi) is 4.20. The van der Waals surface area contributed by atoms with E-state index < -0.39 is 0 Å². The van der Waals surface area contributed by atoms with Gasteiger partial charge in [-0.1, -0.05) is 31.4 Å². The van der Waals surface area contributed by atoms with Crippen LogP contribution in [0, 0.1) is 5.92 Å². The summed E-state index contributed by atoms with van der Waals surface area (Å²) in [7, 11) is 1.92. The molecule has 0 saturated heterocycles. The molecule has 1 heteroatoms. The molecule has 0 N–H and O–H groups in total. The molecule has 0 heterocycles. The normalized spacial score (nSPS) is 20.3. The largest absolute Gasteiger partial charge is 0.297 e. The van der Waals surface area contributed by atoms with Crippen LogP contribution in [0.4, 0.5) is 0 Å². The molecule has 0 radical (unpaired) electrons. The van der Waals surface area contributed by atoms with Crippen molar-refractivity contribution >= 4 is 5.71 Å². The smallest absolute Gasteiger partial charge is 0.0276 e. The highest BCUT2D eigenvalue weighted by atomic mass is 14.7. The van der Waals surface area contributed by atoms with Crippen LogP contribution in [0.25, 0.3) is 0 Å². The molecule has 0 aromatic heterocycles. The van der Waals surface area contributed by atoms with Gasteiger partial charge in [0.2, 0.25) is 0 Å². The minimum absolute atomic E-state index is 0.760. The summed E-state index contributed by atoms with van der Waals surface area (Å²) in [5.74, 6) is 0.760. The second-order valence-corrected chi connectivity index (χ2v) is 4.18. The molecular weight excluding hydrogens is 158 g/mol. The Hall–Kier alpha value is -0.590. The fourth-order valence-corrected chi connectivity index (χ4v) is 2.15. The van der Waals surface area contributed by atoms with E-state index in [1.54, 1.807) is 0 Å². The number of rotatable bonds is 3. The molecule has 74 valence electrons. The minimum atomic E-state index is 0.760. The second-order valence-electron chi connectivity index (χ2n) is 4.18. The molecule has 1 aliphatic rings. The van der Waals surface area contributed by atoms with E-state index in [2.05, 4.69) is 18.5 Å². The first-order chi connectivity index (χ1) is 6.24. The summed E-state index contributed by atoms with van der Waals surface area (Å²) in [5.41, 5.74) is 2.62. The Morgan fingerprint density at radius 2 is 1.92 bits per heavy atom. The summed E-state index contributed by atoms with van der Waals surface area (Å²) >= 11 is 0. The summed E-state index contributed by atoms with van der Waals surface area (Å²) in [6.07, 6.45) is 7.90. The zero-order chi connectivity index (χ0) is 9.68. The Morgan fingerprint density at radius 3 is 2.38 bits per heavy atom. The highest BCUT2D eigenvalue weighted by Crippen LogP contribution is 2.26. The van der Waals surface area contributed by atoms with Gasteiger partial charge in [-0.15, -0.1) is 0 Å². The lowest BCUT2D eigenvalue weighted by molar-refractivity contribution is 0.436. The van der Waals surface area contributed by atoms with Gasteiger partial charge < -0.3 is 0 Å². The van der Waals surface area contributed by atoms with E-state index in [1.807, 2.05) is 7.05 Å². The predicted octanol–water partition coefficient (Wildman–Crippen LogP) is 3.60. The first-order valence-electron chi connectivity index (χ1n) is 5.34. The Labute approximate surface area is 82.0 Å². The van der Waals surface area contributed by atoms with Crippen LogP contribution in [-0.2, 0) is 0 Å². The fraction of sp³-hybridized carbons (Fsp3) is 0.750. The van der Waals surface area contributed by atoms with E-state index in [-0.39, 0.29) is 0 Å². The predicted molar refractivity (Wildman–Crippen MR) is 59.4 cm³/mol. The van der Waals surface area contributed by atoms with Crippen molar-refractivity contribution in [3.63, 3.8) is 0 Å². The van der Waals surface area contributed by atoms with Crippen molar-refractivity contribution in [2.75, 3.05) is 7.05 Å². The first kappa shape index (κ1) is 10.5. The van der Waals surface area contributed by atoms with Gasteiger partial charge >= 0.3 is 0 Å². The third-order valence-electron chi connectivity index (χ3n) is 2.85. The summed E-state index contributed by atoms with van der Waals surface area (Å²) in [6.45, 7) is 6.05. The molecule has 1 nitrogen and oxygen atoms in total. The molecule has 0 amide bonds. The van der Waals surface area contributed by atoms with Gasteiger partial charge in [-0.2, -0.15) is 0 Å². The van der Waals surface area contributed by atoms with Gasteiger partial charge in [0, 0.05) is 19.2 Å². The molecule has 1 aliphatic carbocycles. The quantitative estimate of drug-likeness (QED) is 0.463. The van der Waals surface area contributed by atoms with Crippen molar-refractivity contribution in [1.82, 2.24) is 0 Å². The molecule has 0 bridgehead atoms. The molecular formula is C12H21N. The summed E-state index contributed by atoms with van der Waals surface area (Å²) in [5, 5.41) is 0. The van der Waals surface area contributed by atoms with E-state index in [4.69, 9.17) is 0 Å². The molecule has 13 heavy (non-hydrogen) atoms. The molecule has 0 unspecified atom stereocenters. The van der Waals surface area contributed by atoms with Gasteiger partial charge in [0.05, 0.1) is 0 Å². The van der Waals surface area contributed by atoms with E-state index in [0.717, 1.165) is 12.3 Å². The summed E-state index contributed by atoms with van der Waals surface area (Å²) in [6, 6.07) is 0. The molecule has 0 aromatic rings. The first-order valence-corrected chi connectivity index (χ1v) is 5.34. The van der Waals surface area contributed by atoms with Crippen LogP contribution < -0.4 is 0 Å². The molecule has 0 atom stereocenters. The van der Waals surface area contributed by atoms with Crippen LogP contribution in [0.3, 0.4) is 0 Å². The third kappa shape index (κ3) is 3.33. The lowest BCUT2D eigenvalue weighted by Gasteiger charge is -2.23. The molecule has 0 aliphatic heterocycles. The maximum atomic E-state index is 4.41. The standard InChI is InChI=1S/C12H21N/c1-10(2)9-12(13-3)11-7-5-4-6-8-11/h11H,1,4-9H2,2-3H3. The van der Waals surface area contributed by atoms with E-state index in [0.29, 0.717) is 0 Å². The average molecular weight is 179 g/mol. The molecule has 1 fully saturated rings. The lowest BCUT2D eigenvalue weighted by atomic mass is 9.84. The molecule has 1 rings (SSSR count). The van der Waals surface area contributed by atoms with Crippen LogP contribution in [0.2, 0.25) is 0 Å². The zero-order valence-electron chi connectivity index (χ0n) is 8.97. The van der Waals surface area contributed by atoms with E-state index in [9.17, 15) is 0 Å². The maximum absolute atomic E-state index is 4.41. The van der Waals surface area contributed by atoms with Crippen molar-refractivity contribution in [3.8, 4) is 0 Å². The van der Waals surface area contributed by atoms with Crippen LogP contribution >= 0.6 is 0 Å². The molecule has 0 spiro atoms. The topological polar surface area (TPSA) is 12.4 Å². The molecule has 0 aromatic carbocycles. The third-order valence-corrected chi connectivity index (χ3v) is 2.85. The van der Waals surface area contributed by atoms with E-state index in [1.165, 1.54) is 43.4 Å². The van der Waals surface area contributed by atoms with Crippen LogP contribution in [-0.4, -0.2) is 12.8 Å². The van der Waals surface area contributed by atoms with Crippen LogP contribution in [0.5, 0.6) is 0 Å². The highest BCUT2D eigenvalue weighted by molar-refractivity contribution is 5.88. The van der Waals surface area contributed by atoms with Crippen molar-refractivity contribution in [3.05, 3.63) is 12.2 Å². The summed E-state index contributed by atoms with van der Waals surface area (Å²) < 4.78 is 0. The fourth-order valence-electron chi connectivity index (χ4n) is 2.15. The van der Waals surface area contributed by atoms with E-state index >= 15 is 0 Å². The van der Waals surface area contributed by atoms with Crippen molar-refractivity contribution < 1.29 is 0 Å².